The molecule has 1 saturated heterocycles. The van der Waals surface area contributed by atoms with E-state index < -0.39 is 17.8 Å². The molecule has 3 aromatic rings. The molecule has 4 heterocycles. The van der Waals surface area contributed by atoms with E-state index >= 15 is 0 Å². The van der Waals surface area contributed by atoms with Gasteiger partial charge in [-0.3, -0.25) is 19.8 Å². The number of hydrogen-bond donors (Lipinski definition) is 1. The highest BCUT2D eigenvalue weighted by atomic mass is 16.7. The van der Waals surface area contributed by atoms with E-state index in [1.807, 2.05) is 42.7 Å². The molecular weight excluding hydrogens is 414 g/mol. The van der Waals surface area contributed by atoms with E-state index in [2.05, 4.69) is 5.32 Å². The van der Waals surface area contributed by atoms with Crippen molar-refractivity contribution < 1.29 is 28.3 Å². The number of carbonyl (C=O) groups is 3. The summed E-state index contributed by atoms with van der Waals surface area (Å²) in [5.41, 5.74) is 3.15. The minimum atomic E-state index is -0.778. The lowest BCUT2D eigenvalue weighted by Gasteiger charge is -2.25. The van der Waals surface area contributed by atoms with Crippen molar-refractivity contribution in [3.05, 3.63) is 70.9 Å². The average molecular weight is 433 g/mol. The number of furan rings is 1. The minimum Gasteiger partial charge on any atom is -0.467 e. The second-order valence-corrected chi connectivity index (χ2v) is 7.49. The molecule has 2 aromatic heterocycles. The Balaban J connectivity index is 1.50. The van der Waals surface area contributed by atoms with E-state index in [-0.39, 0.29) is 18.9 Å². The zero-order chi connectivity index (χ0) is 22.4. The van der Waals surface area contributed by atoms with E-state index in [0.717, 1.165) is 22.0 Å². The van der Waals surface area contributed by atoms with Gasteiger partial charge in [0.05, 0.1) is 12.8 Å². The molecule has 0 bridgehead atoms. The minimum absolute atomic E-state index is 0.0709. The Labute approximate surface area is 182 Å². The van der Waals surface area contributed by atoms with Crippen molar-refractivity contribution in [2.75, 3.05) is 6.79 Å². The van der Waals surface area contributed by atoms with Gasteiger partial charge in [-0.25, -0.2) is 4.79 Å². The number of nitrogens with zero attached hydrogens (tertiary/aromatic N) is 2. The van der Waals surface area contributed by atoms with Gasteiger partial charge in [0.2, 0.25) is 6.79 Å². The first-order valence-electron chi connectivity index (χ1n) is 9.92. The van der Waals surface area contributed by atoms with Crippen LogP contribution in [0.4, 0.5) is 4.79 Å². The zero-order valence-electron chi connectivity index (χ0n) is 17.4. The summed E-state index contributed by atoms with van der Waals surface area (Å²) in [6, 6.07) is 10.0. The second-order valence-electron chi connectivity index (χ2n) is 7.49. The normalized spacial score (nSPS) is 16.8. The molecule has 0 saturated carbocycles. The van der Waals surface area contributed by atoms with Crippen LogP contribution in [0.3, 0.4) is 0 Å². The molecule has 0 spiro atoms. The first-order chi connectivity index (χ1) is 15.4. The molecule has 2 aliphatic heterocycles. The lowest BCUT2D eigenvalue weighted by atomic mass is 10.1. The van der Waals surface area contributed by atoms with Crippen LogP contribution in [-0.4, -0.2) is 34.1 Å². The molecule has 1 fully saturated rings. The maximum absolute atomic E-state index is 13.0. The highest BCUT2D eigenvalue weighted by molar-refractivity contribution is 6.31. The maximum Gasteiger partial charge on any atom is 0.331 e. The zero-order valence-corrected chi connectivity index (χ0v) is 17.4. The van der Waals surface area contributed by atoms with Crippen molar-refractivity contribution in [1.82, 2.24) is 14.8 Å². The number of imide groups is 2. The molecule has 32 heavy (non-hydrogen) atoms. The van der Waals surface area contributed by atoms with Crippen LogP contribution in [-0.2, 0) is 16.1 Å². The molecule has 162 valence electrons. The summed E-state index contributed by atoms with van der Waals surface area (Å²) in [5.74, 6) is 0.364. The smallest absolute Gasteiger partial charge is 0.331 e. The van der Waals surface area contributed by atoms with Crippen LogP contribution in [0.1, 0.15) is 22.7 Å². The van der Waals surface area contributed by atoms with E-state index in [1.54, 1.807) is 12.1 Å². The number of hydrogen-bond acceptors (Lipinski definition) is 6. The SMILES string of the molecule is Cc1cc(C=C2C(=O)NC(=O)N(Cc3ccco3)C2=O)c(C)n1-c1ccc2c(c1)OCO2. The lowest BCUT2D eigenvalue weighted by Crippen LogP contribution is -2.53. The molecule has 0 aliphatic carbocycles. The standard InChI is InChI=1S/C23H19N3O6/c1-13-8-15(14(2)26(13)16-5-6-19-20(10-16)32-12-31-19)9-18-21(27)24-23(29)25(22(18)28)11-17-4-3-7-30-17/h3-10H,11-12H2,1-2H3,(H,24,27,29). The number of benzene rings is 1. The predicted octanol–water partition coefficient (Wildman–Crippen LogP) is 3.08. The Morgan fingerprint density at radius 1 is 1.06 bits per heavy atom. The second kappa shape index (κ2) is 7.45. The highest BCUT2D eigenvalue weighted by Crippen LogP contribution is 2.35. The molecule has 0 radical (unpaired) electrons. The fraction of sp³-hybridized carbons (Fsp3) is 0.174. The first kappa shape index (κ1) is 19.7. The van der Waals surface area contributed by atoms with Crippen molar-refractivity contribution >= 4 is 23.9 Å². The largest absolute Gasteiger partial charge is 0.467 e. The number of aromatic nitrogens is 1. The molecule has 0 atom stereocenters. The Morgan fingerprint density at radius 3 is 2.66 bits per heavy atom. The summed E-state index contributed by atoms with van der Waals surface area (Å²) in [5, 5.41) is 2.22. The molecule has 1 N–H and O–H groups in total. The number of carbonyl (C=O) groups excluding carboxylic acids is 3. The van der Waals surface area contributed by atoms with E-state index in [9.17, 15) is 14.4 Å². The van der Waals surface area contributed by atoms with Gasteiger partial charge in [0.25, 0.3) is 11.8 Å². The lowest BCUT2D eigenvalue weighted by molar-refractivity contribution is -0.130. The number of aryl methyl sites for hydroxylation is 1. The fourth-order valence-electron chi connectivity index (χ4n) is 3.91. The van der Waals surface area contributed by atoms with Crippen LogP contribution >= 0.6 is 0 Å². The van der Waals surface area contributed by atoms with Gasteiger partial charge in [0.1, 0.15) is 11.3 Å². The average Bonchev–Trinajstić information content (AvgIpc) is 3.49. The maximum atomic E-state index is 13.0. The van der Waals surface area contributed by atoms with Crippen LogP contribution in [0, 0.1) is 13.8 Å². The third kappa shape index (κ3) is 3.24. The van der Waals surface area contributed by atoms with Crippen LogP contribution in [0.25, 0.3) is 11.8 Å². The number of nitrogens with one attached hydrogen (secondary N) is 1. The number of ether oxygens (including phenoxy) is 2. The van der Waals surface area contributed by atoms with Crippen LogP contribution in [0.5, 0.6) is 11.5 Å². The molecule has 2 aliphatic rings. The number of amides is 4. The monoisotopic (exact) mass is 433 g/mol. The van der Waals surface area contributed by atoms with Gasteiger partial charge in [-0.05, 0) is 55.8 Å². The first-order valence-corrected chi connectivity index (χ1v) is 9.92. The number of rotatable bonds is 4. The molecule has 4 amide bonds. The van der Waals surface area contributed by atoms with Crippen molar-refractivity contribution in [2.45, 2.75) is 20.4 Å². The van der Waals surface area contributed by atoms with Crippen LogP contribution in [0.15, 0.2) is 52.7 Å². The Hall–Kier alpha value is -4.27. The number of barbiturate groups is 1. The van der Waals surface area contributed by atoms with Crippen molar-refractivity contribution in [2.24, 2.45) is 0 Å². The van der Waals surface area contributed by atoms with E-state index in [4.69, 9.17) is 13.9 Å². The van der Waals surface area contributed by atoms with Crippen molar-refractivity contribution in [3.8, 4) is 17.2 Å². The van der Waals surface area contributed by atoms with Gasteiger partial charge in [-0.1, -0.05) is 0 Å². The number of fused-ring (bicyclic) bond motifs is 1. The summed E-state index contributed by atoms with van der Waals surface area (Å²) in [4.78, 5) is 38.6. The van der Waals surface area contributed by atoms with Gasteiger partial charge in [-0.15, -0.1) is 0 Å². The summed E-state index contributed by atoms with van der Waals surface area (Å²) < 4.78 is 18.1. The quantitative estimate of drug-likeness (QED) is 0.501. The predicted molar refractivity (Wildman–Crippen MR) is 112 cm³/mol. The summed E-state index contributed by atoms with van der Waals surface area (Å²) >= 11 is 0. The van der Waals surface area contributed by atoms with E-state index in [0.29, 0.717) is 22.8 Å². The molecule has 1 aromatic carbocycles. The van der Waals surface area contributed by atoms with Gasteiger partial charge in [0, 0.05) is 23.1 Å². The topological polar surface area (TPSA) is 103 Å². The van der Waals surface area contributed by atoms with Gasteiger partial charge >= 0.3 is 6.03 Å². The van der Waals surface area contributed by atoms with Gasteiger partial charge < -0.3 is 18.5 Å². The summed E-state index contributed by atoms with van der Waals surface area (Å²) in [6.45, 7) is 3.93. The molecule has 0 unspecified atom stereocenters. The van der Waals surface area contributed by atoms with Gasteiger partial charge in [-0.2, -0.15) is 0 Å². The summed E-state index contributed by atoms with van der Waals surface area (Å²) in [7, 11) is 0. The number of urea groups is 1. The molecule has 9 heteroatoms. The molecule has 5 rings (SSSR count). The third-order valence-corrected chi connectivity index (χ3v) is 5.46. The van der Waals surface area contributed by atoms with Crippen molar-refractivity contribution in [3.63, 3.8) is 0 Å². The Kier molecular flexibility index (Phi) is 4.58. The molecular formula is C23H19N3O6. The summed E-state index contributed by atoms with van der Waals surface area (Å²) in [6.07, 6.45) is 2.96. The Morgan fingerprint density at radius 2 is 1.88 bits per heavy atom. The molecule has 9 nitrogen and oxygen atoms in total. The fourth-order valence-corrected chi connectivity index (χ4v) is 3.91. The van der Waals surface area contributed by atoms with Crippen LogP contribution < -0.4 is 14.8 Å². The van der Waals surface area contributed by atoms with Crippen LogP contribution in [0.2, 0.25) is 0 Å². The van der Waals surface area contributed by atoms with Crippen molar-refractivity contribution in [1.29, 1.82) is 0 Å². The highest BCUT2D eigenvalue weighted by Gasteiger charge is 2.36. The van der Waals surface area contributed by atoms with E-state index in [1.165, 1.54) is 12.3 Å². The third-order valence-electron chi connectivity index (χ3n) is 5.46. The van der Waals surface area contributed by atoms with Gasteiger partial charge in [0.15, 0.2) is 11.5 Å². The Bertz CT molecular complexity index is 1290.